The molecule has 3 heteroatoms. The zero-order chi connectivity index (χ0) is 11.1. The first-order valence-corrected chi connectivity index (χ1v) is 6.50. The third-order valence-corrected chi connectivity index (χ3v) is 3.51. The molecular formula is C12H21NOS. The molecule has 1 aromatic heterocycles. The van der Waals surface area contributed by atoms with Gasteiger partial charge in [-0.2, -0.15) is 11.3 Å². The maximum atomic E-state index is 8.71. The number of aliphatic hydroxyl groups excluding tert-OH is 1. The van der Waals surface area contributed by atoms with E-state index < -0.39 is 0 Å². The van der Waals surface area contributed by atoms with Crippen LogP contribution in [0, 0.1) is 0 Å². The Morgan fingerprint density at radius 1 is 1.47 bits per heavy atom. The van der Waals surface area contributed by atoms with Crippen molar-refractivity contribution in [1.29, 1.82) is 0 Å². The van der Waals surface area contributed by atoms with Crippen LogP contribution in [0.5, 0.6) is 0 Å². The largest absolute Gasteiger partial charge is 0.396 e. The summed E-state index contributed by atoms with van der Waals surface area (Å²) < 4.78 is 0. The van der Waals surface area contributed by atoms with Crippen LogP contribution in [0.1, 0.15) is 25.3 Å². The number of hydrogen-bond donors (Lipinski definition) is 1. The van der Waals surface area contributed by atoms with Crippen molar-refractivity contribution in [2.24, 2.45) is 0 Å². The molecule has 0 aliphatic carbocycles. The fraction of sp³-hybridized carbons (Fsp3) is 0.667. The fourth-order valence-corrected chi connectivity index (χ4v) is 2.28. The lowest BCUT2D eigenvalue weighted by Crippen LogP contribution is -2.31. The van der Waals surface area contributed by atoms with Gasteiger partial charge < -0.3 is 10.0 Å². The number of rotatable bonds is 7. The monoisotopic (exact) mass is 227 g/mol. The van der Waals surface area contributed by atoms with Gasteiger partial charge in [-0.05, 0) is 62.2 Å². The highest BCUT2D eigenvalue weighted by Crippen LogP contribution is 2.11. The van der Waals surface area contributed by atoms with Crippen molar-refractivity contribution >= 4 is 11.3 Å². The Kier molecular flexibility index (Phi) is 5.91. The molecule has 0 spiro atoms. The normalized spacial score (nSPS) is 13.3. The standard InChI is InChI=1S/C12H21NOS/c1-11(9-12-5-8-15-10-12)13(2)6-3-4-7-14/h5,8,10-11,14H,3-4,6-7,9H2,1-2H3. The second-order valence-electron chi connectivity index (χ2n) is 4.10. The van der Waals surface area contributed by atoms with Crippen LogP contribution in [0.2, 0.25) is 0 Å². The van der Waals surface area contributed by atoms with Gasteiger partial charge in [0, 0.05) is 12.6 Å². The molecule has 1 heterocycles. The van der Waals surface area contributed by atoms with Crippen molar-refractivity contribution in [3.05, 3.63) is 22.4 Å². The van der Waals surface area contributed by atoms with Gasteiger partial charge in [0.05, 0.1) is 0 Å². The molecule has 1 unspecified atom stereocenters. The van der Waals surface area contributed by atoms with E-state index >= 15 is 0 Å². The smallest absolute Gasteiger partial charge is 0.0431 e. The molecule has 1 aromatic rings. The number of nitrogens with zero attached hydrogens (tertiary/aromatic N) is 1. The molecular weight excluding hydrogens is 206 g/mol. The number of thiophene rings is 1. The summed E-state index contributed by atoms with van der Waals surface area (Å²) in [6, 6.07) is 2.78. The molecule has 1 atom stereocenters. The van der Waals surface area contributed by atoms with Crippen LogP contribution in [-0.4, -0.2) is 36.2 Å². The molecule has 1 rings (SSSR count). The Balaban J connectivity index is 2.23. The summed E-state index contributed by atoms with van der Waals surface area (Å²) in [4.78, 5) is 2.37. The maximum absolute atomic E-state index is 8.71. The number of aliphatic hydroxyl groups is 1. The minimum atomic E-state index is 0.312. The van der Waals surface area contributed by atoms with E-state index in [9.17, 15) is 0 Å². The van der Waals surface area contributed by atoms with Gasteiger partial charge in [-0.25, -0.2) is 0 Å². The van der Waals surface area contributed by atoms with Crippen molar-refractivity contribution < 1.29 is 5.11 Å². The Morgan fingerprint density at radius 3 is 2.87 bits per heavy atom. The quantitative estimate of drug-likeness (QED) is 0.723. The van der Waals surface area contributed by atoms with Crippen LogP contribution in [0.25, 0.3) is 0 Å². The van der Waals surface area contributed by atoms with Gasteiger partial charge in [-0.3, -0.25) is 0 Å². The Hall–Kier alpha value is -0.380. The van der Waals surface area contributed by atoms with Gasteiger partial charge in [-0.1, -0.05) is 0 Å². The van der Waals surface area contributed by atoms with Crippen LogP contribution >= 0.6 is 11.3 Å². The predicted octanol–water partition coefficient (Wildman–Crippen LogP) is 2.38. The first-order chi connectivity index (χ1) is 7.24. The molecule has 0 saturated heterocycles. The number of hydrogen-bond acceptors (Lipinski definition) is 3. The van der Waals surface area contributed by atoms with E-state index in [2.05, 4.69) is 35.7 Å². The van der Waals surface area contributed by atoms with Crippen molar-refractivity contribution in [1.82, 2.24) is 4.90 Å². The molecule has 0 saturated carbocycles. The molecule has 0 aliphatic rings. The highest BCUT2D eigenvalue weighted by atomic mass is 32.1. The van der Waals surface area contributed by atoms with Crippen LogP contribution in [-0.2, 0) is 6.42 Å². The maximum Gasteiger partial charge on any atom is 0.0431 e. The van der Waals surface area contributed by atoms with E-state index in [0.717, 1.165) is 25.8 Å². The Bertz CT molecular complexity index is 248. The lowest BCUT2D eigenvalue weighted by molar-refractivity contribution is 0.231. The zero-order valence-corrected chi connectivity index (χ0v) is 10.5. The first-order valence-electron chi connectivity index (χ1n) is 5.56. The highest BCUT2D eigenvalue weighted by Gasteiger charge is 2.09. The van der Waals surface area contributed by atoms with Crippen LogP contribution in [0.15, 0.2) is 16.8 Å². The molecule has 0 fully saturated rings. The SMILES string of the molecule is CC(Cc1ccsc1)N(C)CCCCO. The molecule has 1 N–H and O–H groups in total. The van der Waals surface area contributed by atoms with Crippen molar-refractivity contribution in [3.63, 3.8) is 0 Å². The van der Waals surface area contributed by atoms with Gasteiger partial charge in [-0.15, -0.1) is 0 Å². The fourth-order valence-electron chi connectivity index (χ4n) is 1.60. The Morgan fingerprint density at radius 2 is 2.27 bits per heavy atom. The second-order valence-corrected chi connectivity index (χ2v) is 4.88. The number of unbranched alkanes of at least 4 members (excludes halogenated alkanes) is 1. The van der Waals surface area contributed by atoms with Gasteiger partial charge in [0.1, 0.15) is 0 Å². The molecule has 2 nitrogen and oxygen atoms in total. The summed E-state index contributed by atoms with van der Waals surface area (Å²) in [5.74, 6) is 0. The lowest BCUT2D eigenvalue weighted by atomic mass is 10.1. The van der Waals surface area contributed by atoms with Gasteiger partial charge in [0.15, 0.2) is 0 Å². The topological polar surface area (TPSA) is 23.5 Å². The van der Waals surface area contributed by atoms with E-state index in [1.165, 1.54) is 5.56 Å². The zero-order valence-electron chi connectivity index (χ0n) is 9.65. The van der Waals surface area contributed by atoms with E-state index in [-0.39, 0.29) is 0 Å². The third kappa shape index (κ3) is 4.78. The average Bonchev–Trinajstić information content (AvgIpc) is 2.70. The Labute approximate surface area is 96.5 Å². The third-order valence-electron chi connectivity index (χ3n) is 2.78. The van der Waals surface area contributed by atoms with E-state index in [1.54, 1.807) is 11.3 Å². The summed E-state index contributed by atoms with van der Waals surface area (Å²) in [7, 11) is 2.16. The van der Waals surface area contributed by atoms with Gasteiger partial charge >= 0.3 is 0 Å². The number of likely N-dealkylation sites (N-methyl/N-ethyl adjacent to an activating group) is 1. The van der Waals surface area contributed by atoms with Gasteiger partial charge in [0.25, 0.3) is 0 Å². The molecule has 15 heavy (non-hydrogen) atoms. The van der Waals surface area contributed by atoms with E-state index in [0.29, 0.717) is 12.6 Å². The summed E-state index contributed by atoms with van der Waals surface area (Å²) in [6.07, 6.45) is 3.12. The minimum absolute atomic E-state index is 0.312. The van der Waals surface area contributed by atoms with E-state index in [4.69, 9.17) is 5.11 Å². The molecule has 86 valence electrons. The lowest BCUT2D eigenvalue weighted by Gasteiger charge is -2.24. The van der Waals surface area contributed by atoms with Crippen LogP contribution < -0.4 is 0 Å². The summed E-state index contributed by atoms with van der Waals surface area (Å²) in [5.41, 5.74) is 1.43. The van der Waals surface area contributed by atoms with Gasteiger partial charge in [0.2, 0.25) is 0 Å². The van der Waals surface area contributed by atoms with Crippen molar-refractivity contribution in [2.75, 3.05) is 20.2 Å². The molecule has 0 radical (unpaired) electrons. The molecule has 0 aromatic carbocycles. The summed E-state index contributed by atoms with van der Waals surface area (Å²) >= 11 is 1.76. The summed E-state index contributed by atoms with van der Waals surface area (Å²) in [6.45, 7) is 3.65. The second kappa shape index (κ2) is 6.99. The van der Waals surface area contributed by atoms with Crippen molar-refractivity contribution in [2.45, 2.75) is 32.2 Å². The van der Waals surface area contributed by atoms with Crippen LogP contribution in [0.3, 0.4) is 0 Å². The average molecular weight is 227 g/mol. The minimum Gasteiger partial charge on any atom is -0.396 e. The van der Waals surface area contributed by atoms with Crippen LogP contribution in [0.4, 0.5) is 0 Å². The summed E-state index contributed by atoms with van der Waals surface area (Å²) in [5, 5.41) is 13.1. The first kappa shape index (κ1) is 12.7. The van der Waals surface area contributed by atoms with E-state index in [1.807, 2.05) is 0 Å². The molecule has 0 bridgehead atoms. The predicted molar refractivity (Wildman–Crippen MR) is 66.4 cm³/mol. The molecule has 0 amide bonds. The highest BCUT2D eigenvalue weighted by molar-refractivity contribution is 7.07. The van der Waals surface area contributed by atoms with Crippen molar-refractivity contribution in [3.8, 4) is 0 Å². The molecule has 0 aliphatic heterocycles.